The Morgan fingerprint density at radius 3 is 1.77 bits per heavy atom. The van der Waals surface area contributed by atoms with Crippen molar-refractivity contribution < 1.29 is 39.0 Å². The minimum atomic E-state index is -1.20. The lowest BCUT2D eigenvalue weighted by atomic mass is 9.77. The number of amides is 4. The fourth-order valence-corrected chi connectivity index (χ4v) is 7.23. The van der Waals surface area contributed by atoms with Crippen LogP contribution in [0.25, 0.3) is 0 Å². The molecule has 14 heteroatoms. The van der Waals surface area contributed by atoms with Crippen molar-refractivity contribution in [1.82, 2.24) is 25.0 Å². The monoisotopic (exact) mass is 613 g/mol. The number of aryl methyl sites for hydroxylation is 1. The van der Waals surface area contributed by atoms with E-state index in [0.717, 1.165) is 0 Å². The number of carbonyl (C=O) groups excluding carboxylic acids is 4. The van der Waals surface area contributed by atoms with Crippen LogP contribution in [-0.4, -0.2) is 97.4 Å². The Kier molecular flexibility index (Phi) is 8.85. The molecule has 0 unspecified atom stereocenters. The third kappa shape index (κ3) is 6.28. The SMILES string of the molecule is Cn1cccc1C(=O)N[C@H]1C[C@@H](C(=O)O)N(C(=O)[C@H]2CCCC[C@@H]2C(=O)N2C[C@@H](NC(=O)c3cccs3)C[C@H]2C(=O)O)C1. The van der Waals surface area contributed by atoms with Crippen LogP contribution in [0, 0.1) is 11.8 Å². The van der Waals surface area contributed by atoms with Crippen molar-refractivity contribution >= 4 is 46.9 Å². The molecule has 230 valence electrons. The van der Waals surface area contributed by atoms with E-state index < -0.39 is 59.8 Å². The summed E-state index contributed by atoms with van der Waals surface area (Å²) in [4.78, 5) is 80.5. The minimum Gasteiger partial charge on any atom is -0.480 e. The van der Waals surface area contributed by atoms with Crippen molar-refractivity contribution in [1.29, 1.82) is 0 Å². The maximum Gasteiger partial charge on any atom is 0.326 e. The predicted octanol–water partition coefficient (Wildman–Crippen LogP) is 1.16. The number of nitrogens with zero attached hydrogens (tertiary/aromatic N) is 3. The summed E-state index contributed by atoms with van der Waals surface area (Å²) in [5.74, 6) is -5.70. The molecule has 3 fully saturated rings. The number of hydrogen-bond donors (Lipinski definition) is 4. The summed E-state index contributed by atoms with van der Waals surface area (Å²) in [6, 6.07) is 3.27. The van der Waals surface area contributed by atoms with E-state index >= 15 is 0 Å². The molecule has 5 rings (SSSR count). The van der Waals surface area contributed by atoms with Crippen LogP contribution in [-0.2, 0) is 26.2 Å². The molecule has 3 aliphatic rings. The van der Waals surface area contributed by atoms with Crippen molar-refractivity contribution in [2.75, 3.05) is 13.1 Å². The van der Waals surface area contributed by atoms with Crippen LogP contribution in [0.15, 0.2) is 35.8 Å². The lowest BCUT2D eigenvalue weighted by molar-refractivity contribution is -0.156. The highest BCUT2D eigenvalue weighted by molar-refractivity contribution is 7.12. The first-order valence-corrected chi connectivity index (χ1v) is 15.3. The Balaban J connectivity index is 1.30. The number of thiophene rings is 1. The molecule has 1 saturated carbocycles. The second kappa shape index (κ2) is 12.6. The molecule has 1 aliphatic carbocycles. The van der Waals surface area contributed by atoms with E-state index in [1.165, 1.54) is 21.1 Å². The Morgan fingerprint density at radius 2 is 1.33 bits per heavy atom. The molecule has 13 nitrogen and oxygen atoms in total. The van der Waals surface area contributed by atoms with E-state index in [4.69, 9.17) is 0 Å². The number of likely N-dealkylation sites (tertiary alicyclic amines) is 2. The summed E-state index contributed by atoms with van der Waals surface area (Å²) >= 11 is 1.25. The summed E-state index contributed by atoms with van der Waals surface area (Å²) in [5, 5.41) is 27.3. The Bertz CT molecular complexity index is 1410. The zero-order valence-electron chi connectivity index (χ0n) is 23.7. The van der Waals surface area contributed by atoms with E-state index in [1.54, 1.807) is 47.5 Å². The fourth-order valence-electron chi connectivity index (χ4n) is 6.61. The first kappa shape index (κ1) is 30.3. The molecule has 0 aromatic carbocycles. The van der Waals surface area contributed by atoms with Gasteiger partial charge in [0.1, 0.15) is 17.8 Å². The number of aromatic nitrogens is 1. The molecule has 2 aliphatic heterocycles. The van der Waals surface area contributed by atoms with Crippen LogP contribution in [0.2, 0.25) is 0 Å². The molecule has 2 saturated heterocycles. The quantitative estimate of drug-likeness (QED) is 0.343. The molecular formula is C29H35N5O8S. The van der Waals surface area contributed by atoms with Gasteiger partial charge >= 0.3 is 11.9 Å². The van der Waals surface area contributed by atoms with Gasteiger partial charge in [-0.2, -0.15) is 0 Å². The molecule has 0 spiro atoms. The van der Waals surface area contributed by atoms with Crippen LogP contribution in [0.5, 0.6) is 0 Å². The van der Waals surface area contributed by atoms with Crippen molar-refractivity contribution in [2.24, 2.45) is 18.9 Å². The van der Waals surface area contributed by atoms with Gasteiger partial charge < -0.3 is 35.2 Å². The van der Waals surface area contributed by atoms with Crippen LogP contribution in [0.1, 0.15) is 58.7 Å². The smallest absolute Gasteiger partial charge is 0.326 e. The molecule has 2 aromatic rings. The maximum atomic E-state index is 13.9. The molecule has 4 heterocycles. The number of rotatable bonds is 8. The summed E-state index contributed by atoms with van der Waals surface area (Å²) in [6.07, 6.45) is 3.85. The minimum absolute atomic E-state index is 0.000941. The molecule has 2 aromatic heterocycles. The highest BCUT2D eigenvalue weighted by atomic mass is 32.1. The normalized spacial score (nSPS) is 27.1. The van der Waals surface area contributed by atoms with Gasteiger partial charge in [0.15, 0.2) is 0 Å². The second-order valence-electron chi connectivity index (χ2n) is 11.5. The zero-order valence-corrected chi connectivity index (χ0v) is 24.5. The molecule has 0 bridgehead atoms. The molecular weight excluding hydrogens is 578 g/mol. The summed E-state index contributed by atoms with van der Waals surface area (Å²) < 4.78 is 1.64. The number of aliphatic carboxylic acids is 2. The van der Waals surface area contributed by atoms with Gasteiger partial charge in [-0.3, -0.25) is 19.2 Å². The number of carboxylic acids is 2. The van der Waals surface area contributed by atoms with E-state index in [0.29, 0.717) is 36.3 Å². The highest BCUT2D eigenvalue weighted by Crippen LogP contribution is 2.36. The van der Waals surface area contributed by atoms with Gasteiger partial charge in [-0.15, -0.1) is 11.3 Å². The van der Waals surface area contributed by atoms with Gasteiger partial charge in [0.05, 0.1) is 4.88 Å². The van der Waals surface area contributed by atoms with Gasteiger partial charge in [-0.1, -0.05) is 18.9 Å². The zero-order chi connectivity index (χ0) is 30.8. The predicted molar refractivity (Wildman–Crippen MR) is 153 cm³/mol. The van der Waals surface area contributed by atoms with Crippen LogP contribution >= 0.6 is 11.3 Å². The van der Waals surface area contributed by atoms with Gasteiger partial charge in [0, 0.05) is 63.1 Å². The number of carboxylic acid groups (broad SMARTS) is 2. The molecule has 6 atom stereocenters. The lowest BCUT2D eigenvalue weighted by Gasteiger charge is -2.36. The van der Waals surface area contributed by atoms with E-state index in [2.05, 4.69) is 10.6 Å². The Hall–Kier alpha value is -4.20. The van der Waals surface area contributed by atoms with Crippen molar-refractivity contribution in [3.63, 3.8) is 0 Å². The van der Waals surface area contributed by atoms with E-state index in [9.17, 15) is 39.0 Å². The van der Waals surface area contributed by atoms with Crippen molar-refractivity contribution in [3.8, 4) is 0 Å². The molecule has 43 heavy (non-hydrogen) atoms. The average molecular weight is 614 g/mol. The lowest BCUT2D eigenvalue weighted by Crippen LogP contribution is -2.51. The van der Waals surface area contributed by atoms with Crippen molar-refractivity contribution in [3.05, 3.63) is 46.4 Å². The van der Waals surface area contributed by atoms with Crippen LogP contribution < -0.4 is 10.6 Å². The third-order valence-electron chi connectivity index (χ3n) is 8.73. The number of hydrogen-bond acceptors (Lipinski definition) is 7. The first-order valence-electron chi connectivity index (χ1n) is 14.4. The van der Waals surface area contributed by atoms with Gasteiger partial charge in [-0.25, -0.2) is 9.59 Å². The summed E-state index contributed by atoms with van der Waals surface area (Å²) in [5.41, 5.74) is 0.401. The number of carbonyl (C=O) groups is 6. The first-order chi connectivity index (χ1) is 20.5. The fraction of sp³-hybridized carbons (Fsp3) is 0.517. The highest BCUT2D eigenvalue weighted by Gasteiger charge is 2.49. The van der Waals surface area contributed by atoms with Gasteiger partial charge in [0.25, 0.3) is 11.8 Å². The molecule has 0 radical (unpaired) electrons. The van der Waals surface area contributed by atoms with Crippen LogP contribution in [0.4, 0.5) is 0 Å². The molecule has 4 amide bonds. The second-order valence-corrected chi connectivity index (χ2v) is 12.4. The van der Waals surface area contributed by atoms with Gasteiger partial charge in [0.2, 0.25) is 11.8 Å². The topological polar surface area (TPSA) is 178 Å². The largest absolute Gasteiger partial charge is 0.480 e. The molecule has 4 N–H and O–H groups in total. The van der Waals surface area contributed by atoms with Crippen molar-refractivity contribution in [2.45, 2.75) is 62.7 Å². The maximum absolute atomic E-state index is 13.9. The van der Waals surface area contributed by atoms with E-state index in [1.807, 2.05) is 0 Å². The Labute approximate surface area is 251 Å². The van der Waals surface area contributed by atoms with E-state index in [-0.39, 0.29) is 37.7 Å². The number of nitrogens with one attached hydrogen (secondary N) is 2. The summed E-state index contributed by atoms with van der Waals surface area (Å²) in [7, 11) is 1.72. The Morgan fingerprint density at radius 1 is 0.791 bits per heavy atom. The standard InChI is InChI=1S/C29H35N5O8S/c1-32-10-4-8-20(32)24(35)30-16-12-21(28(39)40)33(14-16)26(37)18-6-2-3-7-19(18)27(38)34-15-17(13-22(34)29(41)42)31-25(36)23-9-5-11-43-23/h4-5,8-11,16-19,21-22H,2-3,6-7,12-15H2,1H3,(H,30,35)(H,31,36)(H,39,40)(H,41,42)/t16-,17-,18-,19-,21-,22-/m0/s1. The third-order valence-corrected chi connectivity index (χ3v) is 9.60. The summed E-state index contributed by atoms with van der Waals surface area (Å²) in [6.45, 7) is -0.0132. The van der Waals surface area contributed by atoms with Crippen LogP contribution in [0.3, 0.4) is 0 Å². The van der Waals surface area contributed by atoms with Gasteiger partial charge in [-0.05, 0) is 36.4 Å². The average Bonchev–Trinajstić information content (AvgIpc) is 3.79.